The maximum Gasteiger partial charge on any atom is 0.247 e. The van der Waals surface area contributed by atoms with Crippen LogP contribution in [-0.2, 0) is 9.84 Å². The molecule has 0 bridgehead atoms. The molecule has 0 aliphatic heterocycles. The quantitative estimate of drug-likeness (QED) is 0.588. The van der Waals surface area contributed by atoms with E-state index >= 15 is 0 Å². The second kappa shape index (κ2) is 4.33. The van der Waals surface area contributed by atoms with E-state index in [9.17, 15) is 8.42 Å². The van der Waals surface area contributed by atoms with Crippen molar-refractivity contribution in [2.75, 3.05) is 5.75 Å². The van der Waals surface area contributed by atoms with Gasteiger partial charge in [0.2, 0.25) is 15.0 Å². The summed E-state index contributed by atoms with van der Waals surface area (Å²) in [7, 11) is -3.30. The molecule has 5 heteroatoms. The van der Waals surface area contributed by atoms with Crippen LogP contribution in [0.3, 0.4) is 0 Å². The Hall–Kier alpha value is -1.23. The van der Waals surface area contributed by atoms with Crippen LogP contribution in [0.25, 0.3) is 0 Å². The third kappa shape index (κ3) is 2.47. The minimum absolute atomic E-state index is 0.0545. The van der Waals surface area contributed by atoms with E-state index in [1.807, 2.05) is 13.0 Å². The Labute approximate surface area is 95.4 Å². The molecule has 1 saturated carbocycles. The van der Waals surface area contributed by atoms with Gasteiger partial charge in [-0.2, -0.15) is 0 Å². The fourth-order valence-electron chi connectivity index (χ4n) is 1.75. The molecule has 1 aliphatic rings. The van der Waals surface area contributed by atoms with Crippen molar-refractivity contribution in [2.45, 2.75) is 18.5 Å². The third-order valence-electron chi connectivity index (χ3n) is 2.67. The van der Waals surface area contributed by atoms with Crippen molar-refractivity contribution in [1.29, 1.82) is 0 Å². The lowest BCUT2D eigenvalue weighted by molar-refractivity contribution is 0.582. The summed E-state index contributed by atoms with van der Waals surface area (Å²) < 4.78 is 23.8. The average molecular weight is 238 g/mol. The van der Waals surface area contributed by atoms with Gasteiger partial charge in [-0.3, -0.25) is 0 Å². The van der Waals surface area contributed by atoms with Gasteiger partial charge in [0.05, 0.1) is 5.75 Å². The van der Waals surface area contributed by atoms with Crippen LogP contribution in [0.4, 0.5) is 0 Å². The van der Waals surface area contributed by atoms with Gasteiger partial charge in [-0.05, 0) is 31.2 Å². The second-order valence-corrected chi connectivity index (χ2v) is 5.93. The Morgan fingerprint density at radius 3 is 2.75 bits per heavy atom. The van der Waals surface area contributed by atoms with E-state index < -0.39 is 9.84 Å². The SMILES string of the molecule is C/C=C/C1CC1CS(=O)(=O)c1ncccn1. The fourth-order valence-corrected chi connectivity index (χ4v) is 3.29. The summed E-state index contributed by atoms with van der Waals surface area (Å²) in [6.45, 7) is 1.95. The normalized spacial score (nSPS) is 24.8. The van der Waals surface area contributed by atoms with Gasteiger partial charge < -0.3 is 0 Å². The van der Waals surface area contributed by atoms with Crippen molar-refractivity contribution in [2.24, 2.45) is 11.8 Å². The summed E-state index contributed by atoms with van der Waals surface area (Å²) in [5.74, 6) is 0.819. The molecule has 1 aromatic rings. The van der Waals surface area contributed by atoms with Gasteiger partial charge in [-0.1, -0.05) is 12.2 Å². The molecule has 2 rings (SSSR count). The highest BCUT2D eigenvalue weighted by Crippen LogP contribution is 2.41. The zero-order chi connectivity index (χ0) is 11.6. The highest BCUT2D eigenvalue weighted by atomic mass is 32.2. The zero-order valence-corrected chi connectivity index (χ0v) is 9.89. The number of nitrogens with zero attached hydrogens (tertiary/aromatic N) is 2. The fraction of sp³-hybridized carbons (Fsp3) is 0.455. The summed E-state index contributed by atoms with van der Waals surface area (Å²) in [5.41, 5.74) is 0. The third-order valence-corrected chi connectivity index (χ3v) is 4.30. The molecule has 2 atom stereocenters. The van der Waals surface area contributed by atoms with E-state index in [0.29, 0.717) is 5.92 Å². The molecule has 0 radical (unpaired) electrons. The van der Waals surface area contributed by atoms with Crippen molar-refractivity contribution in [1.82, 2.24) is 9.97 Å². The molecule has 0 amide bonds. The monoisotopic (exact) mass is 238 g/mol. The molecular weight excluding hydrogens is 224 g/mol. The molecule has 1 fully saturated rings. The number of rotatable bonds is 4. The molecule has 1 aliphatic carbocycles. The van der Waals surface area contributed by atoms with Gasteiger partial charge in [-0.25, -0.2) is 18.4 Å². The van der Waals surface area contributed by atoms with Crippen LogP contribution in [-0.4, -0.2) is 24.1 Å². The predicted octanol–water partition coefficient (Wildman–Crippen LogP) is 1.46. The molecule has 0 spiro atoms. The van der Waals surface area contributed by atoms with Crippen molar-refractivity contribution < 1.29 is 8.42 Å². The highest BCUT2D eigenvalue weighted by molar-refractivity contribution is 7.91. The van der Waals surface area contributed by atoms with Gasteiger partial charge in [0.25, 0.3) is 0 Å². The number of sulfone groups is 1. The molecule has 0 saturated heterocycles. The lowest BCUT2D eigenvalue weighted by Gasteiger charge is -2.00. The molecule has 1 heterocycles. The van der Waals surface area contributed by atoms with Gasteiger partial charge in [-0.15, -0.1) is 0 Å². The van der Waals surface area contributed by atoms with Crippen LogP contribution in [0, 0.1) is 11.8 Å². The van der Waals surface area contributed by atoms with Crippen LogP contribution < -0.4 is 0 Å². The Morgan fingerprint density at radius 1 is 1.44 bits per heavy atom. The molecular formula is C11H14N2O2S. The maximum absolute atomic E-state index is 11.9. The zero-order valence-electron chi connectivity index (χ0n) is 9.07. The van der Waals surface area contributed by atoms with E-state index in [-0.39, 0.29) is 16.8 Å². The summed E-state index contributed by atoms with van der Waals surface area (Å²) in [4.78, 5) is 7.57. The molecule has 0 aromatic carbocycles. The van der Waals surface area contributed by atoms with E-state index in [0.717, 1.165) is 6.42 Å². The summed E-state index contributed by atoms with van der Waals surface area (Å²) in [6.07, 6.45) is 7.89. The average Bonchev–Trinajstić information content (AvgIpc) is 2.97. The number of hydrogen-bond acceptors (Lipinski definition) is 4. The summed E-state index contributed by atoms with van der Waals surface area (Å²) in [6, 6.07) is 1.61. The van der Waals surface area contributed by atoms with E-state index in [1.165, 1.54) is 12.4 Å². The topological polar surface area (TPSA) is 59.9 Å². The number of allylic oxidation sites excluding steroid dienone is 2. The van der Waals surface area contributed by atoms with Crippen molar-refractivity contribution in [3.05, 3.63) is 30.6 Å². The lowest BCUT2D eigenvalue weighted by Crippen LogP contribution is -2.12. The number of aromatic nitrogens is 2. The minimum Gasteiger partial charge on any atom is -0.227 e. The molecule has 86 valence electrons. The van der Waals surface area contributed by atoms with Crippen LogP contribution in [0.1, 0.15) is 13.3 Å². The van der Waals surface area contributed by atoms with E-state index in [1.54, 1.807) is 6.07 Å². The molecule has 16 heavy (non-hydrogen) atoms. The predicted molar refractivity (Wildman–Crippen MR) is 60.5 cm³/mol. The van der Waals surface area contributed by atoms with Gasteiger partial charge in [0, 0.05) is 12.4 Å². The van der Waals surface area contributed by atoms with Crippen LogP contribution >= 0.6 is 0 Å². The first-order chi connectivity index (χ1) is 7.63. The molecule has 2 unspecified atom stereocenters. The van der Waals surface area contributed by atoms with Crippen molar-refractivity contribution in [3.63, 3.8) is 0 Å². The Bertz CT molecular complexity index is 482. The first-order valence-corrected chi connectivity index (χ1v) is 6.91. The van der Waals surface area contributed by atoms with E-state index in [2.05, 4.69) is 16.0 Å². The van der Waals surface area contributed by atoms with Crippen molar-refractivity contribution >= 4 is 9.84 Å². The van der Waals surface area contributed by atoms with Crippen LogP contribution in [0.2, 0.25) is 0 Å². The Kier molecular flexibility index (Phi) is 3.05. The summed E-state index contributed by atoms with van der Waals surface area (Å²) >= 11 is 0. The molecule has 0 N–H and O–H groups in total. The minimum atomic E-state index is -3.30. The molecule has 1 aromatic heterocycles. The lowest BCUT2D eigenvalue weighted by atomic mass is 10.3. The Morgan fingerprint density at radius 2 is 2.12 bits per heavy atom. The summed E-state index contributed by atoms with van der Waals surface area (Å²) in [5, 5.41) is -0.0545. The van der Waals surface area contributed by atoms with Crippen LogP contribution in [0.5, 0.6) is 0 Å². The highest BCUT2D eigenvalue weighted by Gasteiger charge is 2.39. The first-order valence-electron chi connectivity index (χ1n) is 5.26. The number of hydrogen-bond donors (Lipinski definition) is 0. The maximum atomic E-state index is 11.9. The largest absolute Gasteiger partial charge is 0.247 e. The van der Waals surface area contributed by atoms with Gasteiger partial charge in [0.15, 0.2) is 0 Å². The van der Waals surface area contributed by atoms with Crippen LogP contribution in [0.15, 0.2) is 35.8 Å². The van der Waals surface area contributed by atoms with Gasteiger partial charge >= 0.3 is 0 Å². The van der Waals surface area contributed by atoms with Gasteiger partial charge in [0.1, 0.15) is 0 Å². The van der Waals surface area contributed by atoms with Crippen molar-refractivity contribution in [3.8, 4) is 0 Å². The second-order valence-electron chi connectivity index (χ2n) is 4.00. The van der Waals surface area contributed by atoms with E-state index in [4.69, 9.17) is 0 Å². The Balaban J connectivity index is 2.06. The standard InChI is InChI=1S/C11H14N2O2S/c1-2-4-9-7-10(9)8-16(14,15)11-12-5-3-6-13-11/h2-6,9-10H,7-8H2,1H3/b4-2+. The molecule has 4 nitrogen and oxygen atoms in total. The first kappa shape index (κ1) is 11.3. The smallest absolute Gasteiger partial charge is 0.227 e.